The number of pyridine rings is 1. The van der Waals surface area contributed by atoms with E-state index < -0.39 is 17.7 Å². The number of nitrogens with zero attached hydrogens (tertiary/aromatic N) is 4. The quantitative estimate of drug-likeness (QED) is 0.524. The van der Waals surface area contributed by atoms with E-state index in [-0.39, 0.29) is 24.6 Å². The molecule has 0 aliphatic carbocycles. The van der Waals surface area contributed by atoms with Crippen molar-refractivity contribution in [2.75, 3.05) is 0 Å². The van der Waals surface area contributed by atoms with E-state index >= 15 is 8.78 Å². The van der Waals surface area contributed by atoms with Gasteiger partial charge < -0.3 is 10.0 Å². The predicted octanol–water partition coefficient (Wildman–Crippen LogP) is 4.12. The number of aromatic nitrogens is 3. The Kier molecular flexibility index (Phi) is 4.46. The van der Waals surface area contributed by atoms with Crippen molar-refractivity contribution < 1.29 is 20.1 Å². The first kappa shape index (κ1) is 19.1. The molecular formula is C24H20F2N4O2. The van der Waals surface area contributed by atoms with Gasteiger partial charge in [0.2, 0.25) is 0 Å². The van der Waals surface area contributed by atoms with E-state index in [1.165, 1.54) is 40.9 Å². The maximum Gasteiger partial charge on any atom is 0.273 e. The molecule has 1 aliphatic rings. The molecule has 3 heterocycles. The van der Waals surface area contributed by atoms with Crippen LogP contribution in [0.2, 0.25) is 0 Å². The molecule has 6 nitrogen and oxygen atoms in total. The van der Waals surface area contributed by atoms with Crippen LogP contribution in [0.5, 0.6) is 0 Å². The third kappa shape index (κ3) is 3.23. The average Bonchev–Trinajstić information content (AvgIpc) is 3.28. The summed E-state index contributed by atoms with van der Waals surface area (Å²) in [5, 5.41) is 15.0. The topological polar surface area (TPSA) is 71.2 Å². The molecule has 4 aromatic rings. The van der Waals surface area contributed by atoms with Crippen LogP contribution in [0.1, 0.15) is 41.6 Å². The minimum atomic E-state index is -1.87. The fourth-order valence-corrected chi connectivity index (χ4v) is 4.18. The van der Waals surface area contributed by atoms with Crippen molar-refractivity contribution in [3.8, 4) is 11.1 Å². The number of rotatable bonds is 4. The molecule has 0 saturated heterocycles. The highest BCUT2D eigenvalue weighted by molar-refractivity contribution is 5.97. The molecule has 162 valence electrons. The van der Waals surface area contributed by atoms with E-state index in [9.17, 15) is 9.90 Å². The minimum Gasteiger partial charge on any atom is -0.389 e. The molecule has 0 bridgehead atoms. The number of carbonyl (C=O) groups is 1. The second kappa shape index (κ2) is 7.49. The molecule has 8 heteroatoms. The zero-order chi connectivity index (χ0) is 23.5. The molecule has 5 rings (SSSR count). The molecule has 0 fully saturated rings. The molecule has 2 aromatic heterocycles. The van der Waals surface area contributed by atoms with E-state index in [1.807, 2.05) is 0 Å². The van der Waals surface area contributed by atoms with Crippen LogP contribution >= 0.6 is 0 Å². The van der Waals surface area contributed by atoms with Crippen molar-refractivity contribution in [2.24, 2.45) is 7.05 Å². The zero-order valence-electron chi connectivity index (χ0n) is 18.4. The Morgan fingerprint density at radius 1 is 1.25 bits per heavy atom. The number of fused-ring (bicyclic) bond motifs is 2. The van der Waals surface area contributed by atoms with Crippen molar-refractivity contribution >= 4 is 16.8 Å². The van der Waals surface area contributed by atoms with Gasteiger partial charge in [-0.25, -0.2) is 8.78 Å². The van der Waals surface area contributed by atoms with E-state index in [1.54, 1.807) is 31.4 Å². The highest BCUT2D eigenvalue weighted by Gasteiger charge is 2.30. The lowest BCUT2D eigenvalue weighted by atomic mass is 9.96. The van der Waals surface area contributed by atoms with Crippen LogP contribution in [-0.2, 0) is 20.1 Å². The number of halogens is 2. The third-order valence-corrected chi connectivity index (χ3v) is 5.72. The molecule has 0 saturated carbocycles. The summed E-state index contributed by atoms with van der Waals surface area (Å²) in [4.78, 5) is 18.0. The molecule has 0 spiro atoms. The highest BCUT2D eigenvalue weighted by Crippen LogP contribution is 2.34. The lowest BCUT2D eigenvalue weighted by Crippen LogP contribution is -2.24. The third-order valence-electron chi connectivity index (χ3n) is 5.72. The first-order chi connectivity index (χ1) is 15.6. The number of amides is 1. The second-order valence-electron chi connectivity index (χ2n) is 7.90. The Hall–Kier alpha value is -3.65. The number of carbonyl (C=O) groups excluding carboxylic acids is 1. The van der Waals surface area contributed by atoms with Gasteiger partial charge in [0.15, 0.2) is 0 Å². The van der Waals surface area contributed by atoms with Crippen molar-refractivity contribution in [3.05, 3.63) is 82.8 Å². The summed E-state index contributed by atoms with van der Waals surface area (Å²) in [7, 11) is 1.69. The van der Waals surface area contributed by atoms with Gasteiger partial charge in [0.25, 0.3) is 5.91 Å². The minimum absolute atomic E-state index is 0.201. The Labute approximate surface area is 184 Å². The van der Waals surface area contributed by atoms with Crippen LogP contribution in [0.4, 0.5) is 8.78 Å². The Bertz CT molecular complexity index is 1400. The van der Waals surface area contributed by atoms with Gasteiger partial charge in [-0.1, -0.05) is 18.2 Å². The van der Waals surface area contributed by atoms with Gasteiger partial charge in [-0.3, -0.25) is 14.5 Å². The van der Waals surface area contributed by atoms with Gasteiger partial charge in [-0.2, -0.15) is 5.10 Å². The predicted molar refractivity (Wildman–Crippen MR) is 115 cm³/mol. The van der Waals surface area contributed by atoms with Crippen LogP contribution in [0.15, 0.2) is 48.8 Å². The molecule has 1 amide bonds. The first-order valence-electron chi connectivity index (χ1n) is 10.5. The maximum atomic E-state index is 15.1. The largest absolute Gasteiger partial charge is 0.389 e. The summed E-state index contributed by atoms with van der Waals surface area (Å²) in [5.74, 6) is -1.89. The highest BCUT2D eigenvalue weighted by atomic mass is 19.1. The molecule has 1 unspecified atom stereocenters. The van der Waals surface area contributed by atoms with Crippen molar-refractivity contribution in [1.82, 2.24) is 19.7 Å². The van der Waals surface area contributed by atoms with Gasteiger partial charge in [-0.15, -0.1) is 0 Å². The van der Waals surface area contributed by atoms with Crippen LogP contribution < -0.4 is 0 Å². The molecule has 1 atom stereocenters. The number of hydrogen-bond acceptors (Lipinski definition) is 4. The number of aryl methyl sites for hydroxylation is 1. The summed E-state index contributed by atoms with van der Waals surface area (Å²) >= 11 is 0. The van der Waals surface area contributed by atoms with Crippen molar-refractivity contribution in [2.45, 2.75) is 26.1 Å². The van der Waals surface area contributed by atoms with E-state index in [2.05, 4.69) is 10.1 Å². The molecule has 1 N–H and O–H groups in total. The summed E-state index contributed by atoms with van der Waals surface area (Å²) in [6.45, 7) is 1.36. The summed E-state index contributed by atoms with van der Waals surface area (Å²) in [6, 6.07) is 9.09. The normalized spacial score (nSPS) is 15.7. The number of hydrogen-bond donors (Lipinski definition) is 1. The fourth-order valence-electron chi connectivity index (χ4n) is 4.18. The SMILES string of the molecule is [2H]C(C)(O)c1ccc(-c2cc(F)c(CN3Cc4cccnc4C3=O)c(F)c2)c2cn(C)nc12. The van der Waals surface area contributed by atoms with Gasteiger partial charge in [-0.05, 0) is 36.2 Å². The second-order valence-corrected chi connectivity index (χ2v) is 7.90. The van der Waals surface area contributed by atoms with Gasteiger partial charge in [0, 0.05) is 48.1 Å². The lowest BCUT2D eigenvalue weighted by molar-refractivity contribution is 0.0759. The molecular weight excluding hydrogens is 414 g/mol. The fraction of sp³-hybridized carbons (Fsp3) is 0.208. The molecule has 1 aliphatic heterocycles. The summed E-state index contributed by atoms with van der Waals surface area (Å²) in [5.41, 5.74) is 2.31. The maximum absolute atomic E-state index is 15.1. The van der Waals surface area contributed by atoms with Gasteiger partial charge in [0.1, 0.15) is 17.3 Å². The lowest BCUT2D eigenvalue weighted by Gasteiger charge is -2.17. The smallest absolute Gasteiger partial charge is 0.273 e. The molecule has 2 aromatic carbocycles. The van der Waals surface area contributed by atoms with E-state index in [0.717, 1.165) is 5.56 Å². The average molecular weight is 435 g/mol. The molecule has 0 radical (unpaired) electrons. The van der Waals surface area contributed by atoms with Crippen molar-refractivity contribution in [3.63, 3.8) is 0 Å². The van der Waals surface area contributed by atoms with Crippen LogP contribution in [0, 0.1) is 11.6 Å². The van der Waals surface area contributed by atoms with Crippen LogP contribution in [-0.4, -0.2) is 30.7 Å². The van der Waals surface area contributed by atoms with Crippen molar-refractivity contribution in [1.29, 1.82) is 0 Å². The van der Waals surface area contributed by atoms with E-state index in [0.29, 0.717) is 33.3 Å². The standard InChI is InChI=1S/C24H20F2N4O2/c1-13(31)16-5-6-17(18-11-29(2)28-23(16)18)15-8-20(25)19(21(26)9-15)12-30-10-14-4-3-7-27-22(14)24(30)32/h3-9,11,13,31H,10,12H2,1-2H3/i13D. The van der Waals surface area contributed by atoms with E-state index in [4.69, 9.17) is 1.37 Å². The van der Waals surface area contributed by atoms with Gasteiger partial charge in [0.05, 0.1) is 19.5 Å². The number of aliphatic hydroxyl groups is 1. The van der Waals surface area contributed by atoms with Crippen LogP contribution in [0.3, 0.4) is 0 Å². The zero-order valence-corrected chi connectivity index (χ0v) is 17.4. The Balaban J connectivity index is 1.53. The monoisotopic (exact) mass is 435 g/mol. The Morgan fingerprint density at radius 2 is 2.00 bits per heavy atom. The van der Waals surface area contributed by atoms with Crippen LogP contribution in [0.25, 0.3) is 22.0 Å². The summed E-state index contributed by atoms with van der Waals surface area (Å²) in [6.07, 6.45) is 1.32. The number of benzene rings is 2. The molecule has 32 heavy (non-hydrogen) atoms. The first-order valence-corrected chi connectivity index (χ1v) is 10.0. The summed E-state index contributed by atoms with van der Waals surface area (Å²) < 4.78 is 39.7. The Morgan fingerprint density at radius 3 is 2.69 bits per heavy atom. The van der Waals surface area contributed by atoms with Gasteiger partial charge >= 0.3 is 0 Å².